The Morgan fingerprint density at radius 2 is 1.85 bits per heavy atom. The number of halogens is 2. The third-order valence-electron chi connectivity index (χ3n) is 3.27. The summed E-state index contributed by atoms with van der Waals surface area (Å²) in [5.41, 5.74) is 2.53. The van der Waals surface area contributed by atoms with Crippen LogP contribution in [-0.2, 0) is 13.1 Å². The van der Waals surface area contributed by atoms with Crippen LogP contribution < -0.4 is 5.32 Å². The van der Waals surface area contributed by atoms with Crippen LogP contribution in [0.4, 0.5) is 8.78 Å². The van der Waals surface area contributed by atoms with Crippen LogP contribution in [0.3, 0.4) is 0 Å². The topological polar surface area (TPSA) is 27.8 Å². The number of fused-ring (bicyclic) bond motifs is 1. The first-order chi connectivity index (χ1) is 9.72. The molecule has 0 bridgehead atoms. The predicted molar refractivity (Wildman–Crippen MR) is 75.2 cm³/mol. The smallest absolute Gasteiger partial charge is 0.127 e. The van der Waals surface area contributed by atoms with Gasteiger partial charge in [-0.15, -0.1) is 0 Å². The van der Waals surface area contributed by atoms with E-state index in [1.807, 2.05) is 24.4 Å². The lowest BCUT2D eigenvalue weighted by Crippen LogP contribution is -2.13. The van der Waals surface area contributed by atoms with Gasteiger partial charge >= 0.3 is 0 Å². The minimum absolute atomic E-state index is 0.300. The van der Waals surface area contributed by atoms with Crippen LogP contribution in [0, 0.1) is 11.6 Å². The fraction of sp³-hybridized carbons (Fsp3) is 0.125. The average Bonchev–Trinajstić information content (AvgIpc) is 2.90. The zero-order valence-electron chi connectivity index (χ0n) is 10.8. The molecule has 2 aromatic carbocycles. The second-order valence-electron chi connectivity index (χ2n) is 4.74. The zero-order valence-corrected chi connectivity index (χ0v) is 10.8. The molecule has 2 nitrogen and oxygen atoms in total. The lowest BCUT2D eigenvalue weighted by Gasteiger charge is -2.07. The molecule has 0 saturated heterocycles. The van der Waals surface area contributed by atoms with Gasteiger partial charge in [-0.1, -0.05) is 6.07 Å². The summed E-state index contributed by atoms with van der Waals surface area (Å²) in [6, 6.07) is 11.6. The van der Waals surface area contributed by atoms with Gasteiger partial charge in [0.05, 0.1) is 0 Å². The van der Waals surface area contributed by atoms with E-state index in [2.05, 4.69) is 16.4 Å². The van der Waals surface area contributed by atoms with E-state index in [0.29, 0.717) is 18.7 Å². The Bertz CT molecular complexity index is 734. The van der Waals surface area contributed by atoms with E-state index in [4.69, 9.17) is 0 Å². The van der Waals surface area contributed by atoms with Gasteiger partial charge in [-0.05, 0) is 47.3 Å². The van der Waals surface area contributed by atoms with Crippen LogP contribution in [0.15, 0.2) is 48.7 Å². The van der Waals surface area contributed by atoms with E-state index in [1.165, 1.54) is 6.07 Å². The molecule has 1 aromatic heterocycles. The SMILES string of the molecule is Fc1ccc(F)c(CNCc2ccc3[nH]ccc3c2)c1. The highest BCUT2D eigenvalue weighted by atomic mass is 19.1. The molecule has 0 spiro atoms. The van der Waals surface area contributed by atoms with Gasteiger partial charge in [0, 0.05) is 30.4 Å². The Kier molecular flexibility index (Phi) is 3.48. The summed E-state index contributed by atoms with van der Waals surface area (Å²) in [7, 11) is 0. The van der Waals surface area contributed by atoms with Gasteiger partial charge in [0.15, 0.2) is 0 Å². The highest BCUT2D eigenvalue weighted by molar-refractivity contribution is 5.79. The largest absolute Gasteiger partial charge is 0.361 e. The first-order valence-electron chi connectivity index (χ1n) is 6.43. The van der Waals surface area contributed by atoms with Crippen LogP contribution in [0.5, 0.6) is 0 Å². The van der Waals surface area contributed by atoms with Gasteiger partial charge in [-0.3, -0.25) is 0 Å². The molecular weight excluding hydrogens is 258 g/mol. The van der Waals surface area contributed by atoms with E-state index < -0.39 is 5.82 Å². The molecule has 0 atom stereocenters. The summed E-state index contributed by atoms with van der Waals surface area (Å²) in [5, 5.41) is 4.27. The number of hydrogen-bond donors (Lipinski definition) is 2. The monoisotopic (exact) mass is 272 g/mol. The Morgan fingerprint density at radius 3 is 2.75 bits per heavy atom. The molecule has 1 heterocycles. The summed E-state index contributed by atoms with van der Waals surface area (Å²) >= 11 is 0. The maximum atomic E-state index is 13.5. The molecule has 0 amide bonds. The normalized spacial score (nSPS) is 11.1. The summed E-state index contributed by atoms with van der Waals surface area (Å²) in [4.78, 5) is 3.13. The molecule has 3 rings (SSSR count). The van der Waals surface area contributed by atoms with E-state index in [0.717, 1.165) is 28.6 Å². The number of H-pyrrole nitrogens is 1. The zero-order chi connectivity index (χ0) is 13.9. The van der Waals surface area contributed by atoms with E-state index >= 15 is 0 Å². The van der Waals surface area contributed by atoms with Gasteiger partial charge in [0.1, 0.15) is 11.6 Å². The van der Waals surface area contributed by atoms with Crippen LogP contribution in [-0.4, -0.2) is 4.98 Å². The van der Waals surface area contributed by atoms with Crippen molar-refractivity contribution in [2.75, 3.05) is 0 Å². The van der Waals surface area contributed by atoms with Crippen molar-refractivity contribution >= 4 is 10.9 Å². The Balaban J connectivity index is 1.65. The molecule has 20 heavy (non-hydrogen) atoms. The number of hydrogen-bond acceptors (Lipinski definition) is 1. The van der Waals surface area contributed by atoms with Gasteiger partial charge in [0.2, 0.25) is 0 Å². The van der Waals surface area contributed by atoms with Crippen molar-refractivity contribution in [3.8, 4) is 0 Å². The van der Waals surface area contributed by atoms with Crippen LogP contribution in [0.25, 0.3) is 10.9 Å². The molecule has 0 aliphatic heterocycles. The maximum Gasteiger partial charge on any atom is 0.127 e. The molecular formula is C16H14F2N2. The second-order valence-corrected chi connectivity index (χ2v) is 4.74. The number of rotatable bonds is 4. The molecule has 0 unspecified atom stereocenters. The molecule has 0 aliphatic carbocycles. The van der Waals surface area contributed by atoms with Crippen molar-refractivity contribution in [3.05, 3.63) is 71.4 Å². The van der Waals surface area contributed by atoms with E-state index in [1.54, 1.807) is 0 Å². The molecule has 0 fully saturated rings. The predicted octanol–water partition coefficient (Wildman–Crippen LogP) is 3.74. The van der Waals surface area contributed by atoms with Crippen molar-refractivity contribution in [1.82, 2.24) is 10.3 Å². The molecule has 0 saturated carbocycles. The van der Waals surface area contributed by atoms with Crippen molar-refractivity contribution in [1.29, 1.82) is 0 Å². The Labute approximate surface area is 115 Å². The fourth-order valence-corrected chi connectivity index (χ4v) is 2.23. The Morgan fingerprint density at radius 1 is 0.950 bits per heavy atom. The standard InChI is InChI=1S/C16H14F2N2/c17-14-2-3-15(18)13(8-14)10-19-9-11-1-4-16-12(7-11)5-6-20-16/h1-8,19-20H,9-10H2. The molecule has 2 N–H and O–H groups in total. The quantitative estimate of drug-likeness (QED) is 0.744. The van der Waals surface area contributed by atoms with E-state index in [-0.39, 0.29) is 5.82 Å². The highest BCUT2D eigenvalue weighted by Gasteiger charge is 2.03. The Hall–Kier alpha value is -2.20. The molecule has 102 valence electrons. The van der Waals surface area contributed by atoms with Gasteiger partial charge < -0.3 is 10.3 Å². The van der Waals surface area contributed by atoms with Crippen molar-refractivity contribution < 1.29 is 8.78 Å². The molecule has 3 aromatic rings. The summed E-state index contributed by atoms with van der Waals surface area (Å²) in [6.07, 6.45) is 1.89. The molecule has 0 aliphatic rings. The second kappa shape index (κ2) is 5.43. The van der Waals surface area contributed by atoms with Gasteiger partial charge in [-0.2, -0.15) is 0 Å². The summed E-state index contributed by atoms with van der Waals surface area (Å²) < 4.78 is 26.5. The number of aromatic nitrogens is 1. The first-order valence-corrected chi connectivity index (χ1v) is 6.43. The van der Waals surface area contributed by atoms with Crippen molar-refractivity contribution in [2.45, 2.75) is 13.1 Å². The third-order valence-corrected chi connectivity index (χ3v) is 3.27. The average molecular weight is 272 g/mol. The minimum Gasteiger partial charge on any atom is -0.361 e. The summed E-state index contributed by atoms with van der Waals surface area (Å²) in [6.45, 7) is 0.909. The lowest BCUT2D eigenvalue weighted by atomic mass is 10.1. The minimum atomic E-state index is -0.419. The summed E-state index contributed by atoms with van der Waals surface area (Å²) in [5.74, 6) is -0.808. The number of benzene rings is 2. The van der Waals surface area contributed by atoms with Crippen LogP contribution in [0.1, 0.15) is 11.1 Å². The van der Waals surface area contributed by atoms with Crippen LogP contribution in [0.2, 0.25) is 0 Å². The third kappa shape index (κ3) is 2.70. The van der Waals surface area contributed by atoms with Crippen molar-refractivity contribution in [2.24, 2.45) is 0 Å². The molecule has 0 radical (unpaired) electrons. The molecule has 4 heteroatoms. The van der Waals surface area contributed by atoms with Gasteiger partial charge in [-0.25, -0.2) is 8.78 Å². The van der Waals surface area contributed by atoms with Crippen LogP contribution >= 0.6 is 0 Å². The van der Waals surface area contributed by atoms with E-state index in [9.17, 15) is 8.78 Å². The highest BCUT2D eigenvalue weighted by Crippen LogP contribution is 2.14. The number of nitrogens with one attached hydrogen (secondary N) is 2. The van der Waals surface area contributed by atoms with Crippen molar-refractivity contribution in [3.63, 3.8) is 0 Å². The van der Waals surface area contributed by atoms with Gasteiger partial charge in [0.25, 0.3) is 0 Å². The number of aromatic amines is 1. The maximum absolute atomic E-state index is 13.5. The lowest BCUT2D eigenvalue weighted by molar-refractivity contribution is 0.568. The first kappa shape index (κ1) is 12.8. The fourth-order valence-electron chi connectivity index (χ4n) is 2.23.